The van der Waals surface area contributed by atoms with Crippen LogP contribution >= 0.6 is 0 Å². The molecule has 0 aliphatic carbocycles. The molecule has 2 aromatic rings. The molecule has 0 radical (unpaired) electrons. The van der Waals surface area contributed by atoms with Gasteiger partial charge in [-0.05, 0) is 12.3 Å². The molecular weight excluding hydrogens is 238 g/mol. The highest BCUT2D eigenvalue weighted by atomic mass is 15.3. The van der Waals surface area contributed by atoms with Crippen LogP contribution < -0.4 is 5.73 Å². The second-order valence-electron chi connectivity index (χ2n) is 5.34. The topological polar surface area (TPSA) is 61.7 Å². The third-order valence-electron chi connectivity index (χ3n) is 3.47. The highest BCUT2D eigenvalue weighted by molar-refractivity contribution is 5.19. The summed E-state index contributed by atoms with van der Waals surface area (Å²) in [7, 11) is 1.96. The van der Waals surface area contributed by atoms with E-state index in [-0.39, 0.29) is 6.04 Å². The van der Waals surface area contributed by atoms with Crippen molar-refractivity contribution in [2.24, 2.45) is 18.7 Å². The lowest BCUT2D eigenvalue weighted by Gasteiger charge is -2.17. The van der Waals surface area contributed by atoms with Crippen LogP contribution in [0.5, 0.6) is 0 Å². The maximum absolute atomic E-state index is 6.23. The Balaban J connectivity index is 2.26. The lowest BCUT2D eigenvalue weighted by atomic mass is 10.0. The Morgan fingerprint density at radius 3 is 2.74 bits per heavy atom. The molecule has 0 aliphatic rings. The molecule has 5 nitrogen and oxygen atoms in total. The van der Waals surface area contributed by atoms with E-state index in [9.17, 15) is 0 Å². The molecule has 2 heterocycles. The lowest BCUT2D eigenvalue weighted by Crippen LogP contribution is -2.20. The summed E-state index contributed by atoms with van der Waals surface area (Å²) in [5.41, 5.74) is 9.69. The first-order chi connectivity index (χ1) is 9.02. The minimum atomic E-state index is 0.0178. The van der Waals surface area contributed by atoms with Gasteiger partial charge in [0.1, 0.15) is 0 Å². The van der Waals surface area contributed by atoms with Crippen LogP contribution in [0.15, 0.2) is 18.7 Å². The first-order valence-corrected chi connectivity index (χ1v) is 6.80. The van der Waals surface area contributed by atoms with Gasteiger partial charge < -0.3 is 10.3 Å². The summed E-state index contributed by atoms with van der Waals surface area (Å²) < 4.78 is 3.99. The van der Waals surface area contributed by atoms with E-state index in [0.717, 1.165) is 24.4 Å². The third-order valence-corrected chi connectivity index (χ3v) is 3.47. The second kappa shape index (κ2) is 5.57. The molecule has 2 aromatic heterocycles. The monoisotopic (exact) mass is 261 g/mol. The normalized spacial score (nSPS) is 13.2. The highest BCUT2D eigenvalue weighted by Gasteiger charge is 2.16. The van der Waals surface area contributed by atoms with Crippen molar-refractivity contribution in [2.45, 2.75) is 39.8 Å². The zero-order valence-corrected chi connectivity index (χ0v) is 12.2. The summed E-state index contributed by atoms with van der Waals surface area (Å²) in [5, 5.41) is 4.47. The molecule has 0 saturated carbocycles. The molecule has 19 heavy (non-hydrogen) atoms. The molecule has 1 unspecified atom stereocenters. The van der Waals surface area contributed by atoms with Gasteiger partial charge in [0.25, 0.3) is 0 Å². The summed E-state index contributed by atoms with van der Waals surface area (Å²) in [4.78, 5) is 4.24. The minimum Gasteiger partial charge on any atom is -0.329 e. The van der Waals surface area contributed by atoms with Gasteiger partial charge in [0.05, 0.1) is 24.3 Å². The van der Waals surface area contributed by atoms with Crippen molar-refractivity contribution >= 4 is 0 Å². The van der Waals surface area contributed by atoms with E-state index in [1.165, 1.54) is 5.56 Å². The molecule has 0 spiro atoms. The number of hydrogen-bond acceptors (Lipinski definition) is 3. The van der Waals surface area contributed by atoms with Crippen molar-refractivity contribution in [1.82, 2.24) is 19.3 Å². The molecule has 5 heteroatoms. The highest BCUT2D eigenvalue weighted by Crippen LogP contribution is 2.20. The second-order valence-corrected chi connectivity index (χ2v) is 5.34. The van der Waals surface area contributed by atoms with Crippen LogP contribution in [0.1, 0.15) is 43.8 Å². The zero-order valence-electron chi connectivity index (χ0n) is 12.2. The van der Waals surface area contributed by atoms with Crippen LogP contribution in [0.4, 0.5) is 0 Å². The molecule has 2 rings (SSSR count). The maximum Gasteiger partial charge on any atom is 0.0951 e. The van der Waals surface area contributed by atoms with Crippen LogP contribution in [-0.2, 0) is 20.0 Å². The maximum atomic E-state index is 6.23. The van der Waals surface area contributed by atoms with Gasteiger partial charge >= 0.3 is 0 Å². The van der Waals surface area contributed by atoms with Gasteiger partial charge in [-0.1, -0.05) is 20.8 Å². The Labute approximate surface area is 114 Å². The quantitative estimate of drug-likeness (QED) is 0.894. The summed E-state index contributed by atoms with van der Waals surface area (Å²) in [6.07, 6.45) is 6.73. The van der Waals surface area contributed by atoms with E-state index in [1.807, 2.05) is 24.3 Å². The van der Waals surface area contributed by atoms with Crippen LogP contribution in [-0.4, -0.2) is 19.3 Å². The van der Waals surface area contributed by atoms with Crippen molar-refractivity contribution in [2.75, 3.05) is 0 Å². The molecule has 2 N–H and O–H groups in total. The van der Waals surface area contributed by atoms with E-state index >= 15 is 0 Å². The molecular formula is C14H23N5. The average Bonchev–Trinajstić information content (AvgIpc) is 2.95. The number of nitrogens with zero attached hydrogens (tertiary/aromatic N) is 4. The first-order valence-electron chi connectivity index (χ1n) is 6.80. The molecule has 1 atom stereocenters. The van der Waals surface area contributed by atoms with E-state index < -0.39 is 0 Å². The van der Waals surface area contributed by atoms with Crippen LogP contribution in [0.3, 0.4) is 0 Å². The molecule has 0 bridgehead atoms. The summed E-state index contributed by atoms with van der Waals surface area (Å²) in [6, 6.07) is 0.0178. The van der Waals surface area contributed by atoms with Gasteiger partial charge in [0.15, 0.2) is 0 Å². The fourth-order valence-corrected chi connectivity index (χ4v) is 2.28. The van der Waals surface area contributed by atoms with Crippen molar-refractivity contribution in [3.8, 4) is 0 Å². The molecule has 0 saturated heterocycles. The smallest absolute Gasteiger partial charge is 0.0951 e. The van der Waals surface area contributed by atoms with Gasteiger partial charge in [-0.3, -0.25) is 4.68 Å². The Morgan fingerprint density at radius 1 is 1.37 bits per heavy atom. The predicted octanol–water partition coefficient (Wildman–Crippen LogP) is 1.88. The van der Waals surface area contributed by atoms with E-state index in [4.69, 9.17) is 5.73 Å². The van der Waals surface area contributed by atoms with E-state index in [0.29, 0.717) is 5.92 Å². The van der Waals surface area contributed by atoms with Crippen molar-refractivity contribution in [1.29, 1.82) is 0 Å². The first kappa shape index (κ1) is 13.8. The van der Waals surface area contributed by atoms with E-state index in [2.05, 4.69) is 41.6 Å². The van der Waals surface area contributed by atoms with Gasteiger partial charge in [-0.25, -0.2) is 4.98 Å². The summed E-state index contributed by atoms with van der Waals surface area (Å²) in [6.45, 7) is 7.17. The van der Waals surface area contributed by atoms with Gasteiger partial charge in [-0.15, -0.1) is 0 Å². The van der Waals surface area contributed by atoms with Crippen molar-refractivity contribution < 1.29 is 0 Å². The Morgan fingerprint density at radius 2 is 2.11 bits per heavy atom. The number of nitrogens with two attached hydrogens (primary N) is 1. The number of rotatable bonds is 5. The fourth-order valence-electron chi connectivity index (χ4n) is 2.28. The SMILES string of the molecule is CCc1nn(C)cc1Cn1cncc1C(N)C(C)C. The predicted molar refractivity (Wildman–Crippen MR) is 75.7 cm³/mol. The van der Waals surface area contributed by atoms with Crippen LogP contribution in [0.2, 0.25) is 0 Å². The molecule has 104 valence electrons. The lowest BCUT2D eigenvalue weighted by molar-refractivity contribution is 0.484. The Hall–Kier alpha value is -1.62. The average molecular weight is 261 g/mol. The van der Waals surface area contributed by atoms with Gasteiger partial charge in [0.2, 0.25) is 0 Å². The number of aryl methyl sites for hydroxylation is 2. The van der Waals surface area contributed by atoms with Crippen molar-refractivity contribution in [3.05, 3.63) is 35.7 Å². The Kier molecular flexibility index (Phi) is 4.04. The number of hydrogen-bond donors (Lipinski definition) is 1. The molecule has 0 aromatic carbocycles. The standard InChI is InChI=1S/C14H23N5/c1-5-12-11(7-18(4)17-12)8-19-9-16-6-13(19)14(15)10(2)3/h6-7,9-10,14H,5,8,15H2,1-4H3. The summed E-state index contributed by atoms with van der Waals surface area (Å²) in [5.74, 6) is 0.398. The van der Waals surface area contributed by atoms with Crippen LogP contribution in [0.25, 0.3) is 0 Å². The Bertz CT molecular complexity index is 538. The van der Waals surface area contributed by atoms with Gasteiger partial charge in [-0.2, -0.15) is 5.10 Å². The minimum absolute atomic E-state index is 0.0178. The molecule has 0 fully saturated rings. The zero-order chi connectivity index (χ0) is 14.0. The fraction of sp³-hybridized carbons (Fsp3) is 0.571. The van der Waals surface area contributed by atoms with Crippen molar-refractivity contribution in [3.63, 3.8) is 0 Å². The molecule has 0 aliphatic heterocycles. The number of aromatic nitrogens is 4. The third kappa shape index (κ3) is 2.87. The van der Waals surface area contributed by atoms with Crippen LogP contribution in [0, 0.1) is 5.92 Å². The molecule has 0 amide bonds. The van der Waals surface area contributed by atoms with E-state index in [1.54, 1.807) is 0 Å². The summed E-state index contributed by atoms with van der Waals surface area (Å²) >= 11 is 0. The number of imidazole rings is 1. The van der Waals surface area contributed by atoms with Gasteiger partial charge in [0, 0.05) is 31.0 Å². The largest absolute Gasteiger partial charge is 0.329 e.